The van der Waals surface area contributed by atoms with E-state index in [9.17, 15) is 0 Å². The quantitative estimate of drug-likeness (QED) is 0.233. The lowest BCUT2D eigenvalue weighted by atomic mass is 9.87. The van der Waals surface area contributed by atoms with Crippen molar-refractivity contribution in [2.75, 3.05) is 4.90 Å². The van der Waals surface area contributed by atoms with Crippen LogP contribution in [0, 0.1) is 6.92 Å². The number of anilines is 3. The van der Waals surface area contributed by atoms with Crippen molar-refractivity contribution in [3.05, 3.63) is 119 Å². The smallest absolute Gasteiger partial charge is 0.113 e. The minimum atomic E-state index is 0.121. The summed E-state index contributed by atoms with van der Waals surface area (Å²) < 4.78 is 0. The summed E-state index contributed by atoms with van der Waals surface area (Å²) in [4.78, 5) is 2.26. The molecule has 0 atom stereocenters. The number of hydrogen-bond donors (Lipinski definition) is 0. The molecule has 0 saturated carbocycles. The van der Waals surface area contributed by atoms with Gasteiger partial charge in [-0.1, -0.05) is 105 Å². The maximum atomic E-state index is 5.96. The number of hydrogen-bond acceptors (Lipinski definition) is 1. The van der Waals surface area contributed by atoms with E-state index < -0.39 is 0 Å². The van der Waals surface area contributed by atoms with Crippen LogP contribution >= 0.6 is 0 Å². The zero-order valence-electron chi connectivity index (χ0n) is 19.9. The molecule has 1 nitrogen and oxygen atoms in total. The molecule has 0 bridgehead atoms. The van der Waals surface area contributed by atoms with E-state index in [0.717, 1.165) is 22.5 Å². The van der Waals surface area contributed by atoms with Crippen LogP contribution in [0.2, 0.25) is 0 Å². The predicted octanol–water partition coefficient (Wildman–Crippen LogP) is 7.73. The third-order valence-electron chi connectivity index (χ3n) is 5.84. The summed E-state index contributed by atoms with van der Waals surface area (Å²) in [7, 11) is 5.96. The normalized spacial score (nSPS) is 11.6. The lowest BCUT2D eigenvalue weighted by Gasteiger charge is -2.27. The monoisotopic (exact) mass is 427 g/mol. The van der Waals surface area contributed by atoms with Gasteiger partial charge in [0, 0.05) is 17.1 Å². The molecule has 0 aliphatic rings. The summed E-state index contributed by atoms with van der Waals surface area (Å²) in [5.74, 6) is 0. The van der Waals surface area contributed by atoms with Gasteiger partial charge in [0.1, 0.15) is 7.85 Å². The van der Waals surface area contributed by atoms with Gasteiger partial charge in [0.2, 0.25) is 0 Å². The van der Waals surface area contributed by atoms with Crippen molar-refractivity contribution >= 4 is 42.5 Å². The van der Waals surface area contributed by atoms with Gasteiger partial charge in [0.25, 0.3) is 0 Å². The molecule has 0 fully saturated rings. The Morgan fingerprint density at radius 3 is 1.42 bits per heavy atom. The molecule has 4 aromatic carbocycles. The highest BCUT2D eigenvalue weighted by Crippen LogP contribution is 2.35. The molecule has 0 unspecified atom stereocenters. The molecule has 0 spiro atoms. The fourth-order valence-corrected chi connectivity index (χ4v) is 3.79. The van der Waals surface area contributed by atoms with E-state index in [-0.39, 0.29) is 5.41 Å². The largest absolute Gasteiger partial charge is 0.311 e. The molecule has 2 radical (unpaired) electrons. The molecular formula is C31H30BN. The van der Waals surface area contributed by atoms with Crippen LogP contribution in [0.5, 0.6) is 0 Å². The second-order valence-electron chi connectivity index (χ2n) is 9.56. The Balaban J connectivity index is 1.65. The number of nitrogens with zero attached hydrogens (tertiary/aromatic N) is 1. The molecule has 0 aromatic heterocycles. The van der Waals surface area contributed by atoms with Gasteiger partial charge in [-0.15, -0.1) is 0 Å². The molecule has 0 N–H and O–H groups in total. The van der Waals surface area contributed by atoms with E-state index in [1.165, 1.54) is 22.3 Å². The van der Waals surface area contributed by atoms with Crippen LogP contribution in [0.3, 0.4) is 0 Å². The van der Waals surface area contributed by atoms with Crippen LogP contribution < -0.4 is 10.4 Å². The van der Waals surface area contributed by atoms with E-state index >= 15 is 0 Å². The third-order valence-corrected chi connectivity index (χ3v) is 5.84. The van der Waals surface area contributed by atoms with Gasteiger partial charge in [-0.05, 0) is 65.4 Å². The highest BCUT2D eigenvalue weighted by Gasteiger charge is 2.16. The topological polar surface area (TPSA) is 3.24 Å². The Morgan fingerprint density at radius 1 is 0.576 bits per heavy atom. The van der Waals surface area contributed by atoms with Crippen LogP contribution in [0.4, 0.5) is 17.1 Å². The first kappa shape index (κ1) is 22.7. The van der Waals surface area contributed by atoms with Crippen LogP contribution in [0.1, 0.15) is 43.0 Å². The van der Waals surface area contributed by atoms with Crippen molar-refractivity contribution in [3.63, 3.8) is 0 Å². The minimum absolute atomic E-state index is 0.121. The van der Waals surface area contributed by atoms with Gasteiger partial charge in [0.05, 0.1) is 0 Å². The number of aryl methyl sites for hydroxylation is 1. The summed E-state index contributed by atoms with van der Waals surface area (Å²) in [5.41, 5.74) is 9.15. The van der Waals surface area contributed by atoms with Crippen LogP contribution in [0.15, 0.2) is 97.1 Å². The fraction of sp³-hybridized carbons (Fsp3) is 0.161. The van der Waals surface area contributed by atoms with Crippen molar-refractivity contribution < 1.29 is 0 Å². The second kappa shape index (κ2) is 9.54. The molecule has 2 heteroatoms. The van der Waals surface area contributed by atoms with Crippen LogP contribution in [-0.4, -0.2) is 7.85 Å². The molecule has 162 valence electrons. The van der Waals surface area contributed by atoms with Crippen LogP contribution in [0.25, 0.3) is 12.2 Å². The van der Waals surface area contributed by atoms with E-state index in [0.29, 0.717) is 0 Å². The molecule has 33 heavy (non-hydrogen) atoms. The first-order chi connectivity index (χ1) is 15.8. The maximum absolute atomic E-state index is 5.96. The van der Waals surface area contributed by atoms with Gasteiger partial charge >= 0.3 is 0 Å². The van der Waals surface area contributed by atoms with E-state index in [2.05, 4.69) is 130 Å². The Morgan fingerprint density at radius 2 is 0.970 bits per heavy atom. The Hall–Kier alpha value is -3.52. The fourth-order valence-electron chi connectivity index (χ4n) is 3.79. The molecule has 0 aliphatic carbocycles. The summed E-state index contributed by atoms with van der Waals surface area (Å²) in [6.07, 6.45) is 4.30. The average molecular weight is 427 g/mol. The second-order valence-corrected chi connectivity index (χ2v) is 9.56. The average Bonchev–Trinajstić information content (AvgIpc) is 2.81. The zero-order chi connectivity index (χ0) is 23.4. The summed E-state index contributed by atoms with van der Waals surface area (Å²) in [6.45, 7) is 8.82. The standard InChI is InChI=1S/C31H30BN/c1-23-5-7-24(8-6-23)9-10-25-11-17-28(18-12-25)33(30-21-15-27(32)16-22-30)29-19-13-26(14-20-29)31(2,3)4/h5-22H,1-4H3/b10-9+. The van der Waals surface area contributed by atoms with E-state index in [1.54, 1.807) is 0 Å². The first-order valence-corrected chi connectivity index (χ1v) is 11.4. The van der Waals surface area contributed by atoms with Crippen molar-refractivity contribution in [1.82, 2.24) is 0 Å². The third kappa shape index (κ3) is 5.65. The van der Waals surface area contributed by atoms with E-state index in [4.69, 9.17) is 7.85 Å². The predicted molar refractivity (Wildman–Crippen MR) is 145 cm³/mol. The van der Waals surface area contributed by atoms with Gasteiger partial charge in [-0.25, -0.2) is 0 Å². The molecule has 0 amide bonds. The molecule has 0 aliphatic heterocycles. The number of benzene rings is 4. The highest BCUT2D eigenvalue weighted by atomic mass is 15.1. The SMILES string of the molecule is [B]c1ccc(N(c2ccc(/C=C/c3ccc(C)cc3)cc2)c2ccc(C(C)(C)C)cc2)cc1. The lowest BCUT2D eigenvalue weighted by molar-refractivity contribution is 0.590. The van der Waals surface area contributed by atoms with Gasteiger partial charge < -0.3 is 4.90 Å². The van der Waals surface area contributed by atoms with E-state index in [1.807, 2.05) is 12.1 Å². The molecule has 0 heterocycles. The highest BCUT2D eigenvalue weighted by molar-refractivity contribution is 6.32. The van der Waals surface area contributed by atoms with Gasteiger partial charge in [0.15, 0.2) is 0 Å². The zero-order valence-corrected chi connectivity index (χ0v) is 19.9. The minimum Gasteiger partial charge on any atom is -0.311 e. The Labute approximate surface area is 199 Å². The maximum Gasteiger partial charge on any atom is 0.113 e. The molecular weight excluding hydrogens is 397 g/mol. The lowest BCUT2D eigenvalue weighted by Crippen LogP contribution is -2.13. The Bertz CT molecular complexity index is 1210. The van der Waals surface area contributed by atoms with Gasteiger partial charge in [-0.3, -0.25) is 0 Å². The molecule has 0 saturated heterocycles. The Kier molecular flexibility index (Phi) is 6.56. The first-order valence-electron chi connectivity index (χ1n) is 11.4. The summed E-state index contributed by atoms with van der Waals surface area (Å²) in [6, 6.07) is 34.1. The summed E-state index contributed by atoms with van der Waals surface area (Å²) >= 11 is 0. The van der Waals surface area contributed by atoms with Crippen molar-refractivity contribution in [2.24, 2.45) is 0 Å². The van der Waals surface area contributed by atoms with Gasteiger partial charge in [-0.2, -0.15) is 0 Å². The molecule has 4 rings (SSSR count). The molecule has 4 aromatic rings. The summed E-state index contributed by atoms with van der Waals surface area (Å²) in [5, 5.41) is 0. The number of rotatable bonds is 5. The van der Waals surface area contributed by atoms with Crippen molar-refractivity contribution in [1.29, 1.82) is 0 Å². The van der Waals surface area contributed by atoms with Crippen molar-refractivity contribution in [3.8, 4) is 0 Å². The van der Waals surface area contributed by atoms with Crippen molar-refractivity contribution in [2.45, 2.75) is 33.1 Å². The van der Waals surface area contributed by atoms with Crippen LogP contribution in [-0.2, 0) is 5.41 Å².